The van der Waals surface area contributed by atoms with Gasteiger partial charge in [0.2, 0.25) is 0 Å². The second-order valence-corrected chi connectivity index (χ2v) is 13.8. The van der Waals surface area contributed by atoms with E-state index in [0.29, 0.717) is 0 Å². The van der Waals surface area contributed by atoms with Crippen LogP contribution in [0.1, 0.15) is 174 Å². The lowest BCUT2D eigenvalue weighted by atomic mass is 10.0. The van der Waals surface area contributed by atoms with E-state index in [-0.39, 0.29) is 13.0 Å². The largest absolute Gasteiger partial charge is 0.498 e. The average molecular weight is 683 g/mol. The minimum Gasteiger partial charge on any atom is -0.498 e. The maximum Gasteiger partial charge on any atom is 0.469 e. The van der Waals surface area contributed by atoms with Crippen molar-refractivity contribution in [1.29, 1.82) is 0 Å². The van der Waals surface area contributed by atoms with Crippen LogP contribution in [0.25, 0.3) is 0 Å². The van der Waals surface area contributed by atoms with Gasteiger partial charge in [0.15, 0.2) is 6.10 Å². The molecule has 0 fully saturated rings. The van der Waals surface area contributed by atoms with Crippen LogP contribution >= 0.6 is 7.82 Å². The van der Waals surface area contributed by atoms with Gasteiger partial charge in [-0.1, -0.05) is 153 Å². The summed E-state index contributed by atoms with van der Waals surface area (Å²) in [4.78, 5) is 30.5. The first-order chi connectivity index (χ1) is 22.9. The summed E-state index contributed by atoms with van der Waals surface area (Å²) >= 11 is 0. The van der Waals surface area contributed by atoms with Gasteiger partial charge in [0.05, 0.1) is 12.9 Å². The lowest BCUT2D eigenvalue weighted by Gasteiger charge is -2.18. The second kappa shape index (κ2) is 35.6. The number of carbonyl (C=O) groups is 1. The summed E-state index contributed by atoms with van der Waals surface area (Å²) in [6.45, 7) is 3.98. The summed E-state index contributed by atoms with van der Waals surface area (Å²) in [5, 5.41) is 0. The molecular weight excluding hydrogens is 611 g/mol. The van der Waals surface area contributed by atoms with Crippen molar-refractivity contribution >= 4 is 13.8 Å². The van der Waals surface area contributed by atoms with E-state index < -0.39 is 26.5 Å². The van der Waals surface area contributed by atoms with Crippen molar-refractivity contribution in [2.45, 2.75) is 180 Å². The Kier molecular flexibility index (Phi) is 34.4. The van der Waals surface area contributed by atoms with Gasteiger partial charge in [-0.3, -0.25) is 9.32 Å². The van der Waals surface area contributed by atoms with Crippen molar-refractivity contribution in [3.63, 3.8) is 0 Å². The van der Waals surface area contributed by atoms with E-state index in [1.54, 1.807) is 6.26 Å². The van der Waals surface area contributed by atoms with E-state index in [1.807, 2.05) is 6.08 Å². The van der Waals surface area contributed by atoms with E-state index in [1.165, 1.54) is 83.5 Å². The van der Waals surface area contributed by atoms with Gasteiger partial charge in [0.25, 0.3) is 0 Å². The molecule has 47 heavy (non-hydrogen) atoms. The fraction of sp³-hybridized carbons (Fsp3) is 0.769. The SMILES string of the molecule is CC/C=C\C/C=C\C/C=C\CCCCCCCC(=O)O[C@H](CO/C=C\CCCCCCCCCCCCCCCC)COP(=O)(O)O. The average Bonchev–Trinajstić information content (AvgIpc) is 3.04. The lowest BCUT2D eigenvalue weighted by Crippen LogP contribution is -2.27. The third-order valence-corrected chi connectivity index (χ3v) is 8.44. The third-order valence-electron chi connectivity index (χ3n) is 7.96. The number of phosphoric ester groups is 1. The van der Waals surface area contributed by atoms with Gasteiger partial charge in [-0.25, -0.2) is 4.57 Å². The number of allylic oxidation sites excluding steroid dienone is 7. The second-order valence-electron chi connectivity index (χ2n) is 12.6. The predicted molar refractivity (Wildman–Crippen MR) is 197 cm³/mol. The molecule has 0 spiro atoms. The Morgan fingerprint density at radius 3 is 1.60 bits per heavy atom. The molecule has 0 unspecified atom stereocenters. The van der Waals surface area contributed by atoms with Gasteiger partial charge < -0.3 is 19.3 Å². The first kappa shape index (κ1) is 45.3. The summed E-state index contributed by atoms with van der Waals surface area (Å²) in [5.41, 5.74) is 0. The Balaban J connectivity index is 3.91. The number of carbonyl (C=O) groups excluding carboxylic acids is 1. The van der Waals surface area contributed by atoms with Crippen molar-refractivity contribution in [3.05, 3.63) is 48.8 Å². The number of phosphoric acid groups is 1. The van der Waals surface area contributed by atoms with E-state index in [2.05, 4.69) is 54.8 Å². The van der Waals surface area contributed by atoms with Crippen LogP contribution < -0.4 is 0 Å². The zero-order valence-electron chi connectivity index (χ0n) is 30.2. The molecule has 0 aliphatic carbocycles. The van der Waals surface area contributed by atoms with Crippen LogP contribution in [0.4, 0.5) is 0 Å². The molecule has 0 heterocycles. The molecule has 0 bridgehead atoms. The highest BCUT2D eigenvalue weighted by molar-refractivity contribution is 7.46. The Labute approximate surface area is 288 Å². The van der Waals surface area contributed by atoms with E-state index >= 15 is 0 Å². The molecule has 0 saturated carbocycles. The first-order valence-corrected chi connectivity index (χ1v) is 20.5. The molecular formula is C39H71O7P. The molecule has 0 aromatic heterocycles. The van der Waals surface area contributed by atoms with Gasteiger partial charge in [0, 0.05) is 6.42 Å². The molecule has 0 rings (SSSR count). The molecule has 0 aromatic rings. The van der Waals surface area contributed by atoms with Crippen LogP contribution in [0.15, 0.2) is 48.8 Å². The molecule has 0 saturated heterocycles. The monoisotopic (exact) mass is 682 g/mol. The Bertz CT molecular complexity index is 846. The predicted octanol–water partition coefficient (Wildman–Crippen LogP) is 12.0. The summed E-state index contributed by atoms with van der Waals surface area (Å²) in [7, 11) is -4.67. The third kappa shape index (κ3) is 38.7. The van der Waals surface area contributed by atoms with Crippen LogP contribution in [-0.2, 0) is 23.4 Å². The maximum atomic E-state index is 12.3. The normalized spacial score (nSPS) is 13.1. The highest BCUT2D eigenvalue weighted by Gasteiger charge is 2.21. The molecule has 2 N–H and O–H groups in total. The van der Waals surface area contributed by atoms with Crippen molar-refractivity contribution in [3.8, 4) is 0 Å². The lowest BCUT2D eigenvalue weighted by molar-refractivity contribution is -0.153. The number of rotatable bonds is 35. The summed E-state index contributed by atoms with van der Waals surface area (Å²) in [6.07, 6.45) is 44.8. The quantitative estimate of drug-likeness (QED) is 0.0225. The smallest absolute Gasteiger partial charge is 0.469 e. The molecule has 1 atom stereocenters. The Hall–Kier alpha value is -1.66. The van der Waals surface area contributed by atoms with Gasteiger partial charge >= 0.3 is 13.8 Å². The van der Waals surface area contributed by atoms with Crippen molar-refractivity contribution in [2.24, 2.45) is 0 Å². The van der Waals surface area contributed by atoms with Crippen molar-refractivity contribution in [1.82, 2.24) is 0 Å². The highest BCUT2D eigenvalue weighted by atomic mass is 31.2. The van der Waals surface area contributed by atoms with Crippen LogP contribution in [0, 0.1) is 0 Å². The van der Waals surface area contributed by atoms with Gasteiger partial charge in [0.1, 0.15) is 6.61 Å². The number of hydrogen-bond donors (Lipinski definition) is 2. The minimum absolute atomic E-state index is 0.0137. The Morgan fingerprint density at radius 1 is 0.596 bits per heavy atom. The number of ether oxygens (including phenoxy) is 2. The fourth-order valence-electron chi connectivity index (χ4n) is 5.19. The Morgan fingerprint density at radius 2 is 1.06 bits per heavy atom. The maximum absolute atomic E-state index is 12.3. The summed E-state index contributed by atoms with van der Waals surface area (Å²) < 4.78 is 26.7. The van der Waals surface area contributed by atoms with Crippen LogP contribution in [0.5, 0.6) is 0 Å². The van der Waals surface area contributed by atoms with Gasteiger partial charge in [-0.05, 0) is 57.4 Å². The summed E-state index contributed by atoms with van der Waals surface area (Å²) in [6, 6.07) is 0. The van der Waals surface area contributed by atoms with Crippen LogP contribution in [0.3, 0.4) is 0 Å². The molecule has 0 aromatic carbocycles. The molecule has 274 valence electrons. The zero-order valence-corrected chi connectivity index (χ0v) is 31.1. The molecule has 0 aliphatic rings. The van der Waals surface area contributed by atoms with E-state index in [9.17, 15) is 9.36 Å². The van der Waals surface area contributed by atoms with Gasteiger partial charge in [-0.15, -0.1) is 0 Å². The molecule has 0 radical (unpaired) electrons. The number of esters is 1. The topological polar surface area (TPSA) is 102 Å². The highest BCUT2D eigenvalue weighted by Crippen LogP contribution is 2.35. The van der Waals surface area contributed by atoms with Crippen LogP contribution in [0.2, 0.25) is 0 Å². The van der Waals surface area contributed by atoms with Crippen LogP contribution in [-0.4, -0.2) is 35.1 Å². The van der Waals surface area contributed by atoms with Crippen molar-refractivity contribution in [2.75, 3.05) is 13.2 Å². The summed E-state index contributed by atoms with van der Waals surface area (Å²) in [5.74, 6) is -0.402. The van der Waals surface area contributed by atoms with Crippen molar-refractivity contribution < 1.29 is 33.1 Å². The minimum atomic E-state index is -4.67. The number of unbranched alkanes of at least 4 members (excludes halogenated alkanes) is 19. The standard InChI is InChI=1S/C39H71O7P/c1-3-5-7-9-11-13-15-17-19-21-23-25-27-29-31-33-35-44-36-38(37-45-47(41,42)43)46-39(40)34-32-30-28-26-24-22-20-18-16-14-12-10-8-6-4-2/h6,8,12,14,18,20,33,35,38H,3-5,7,9-11,13,15-17,19,21-32,34,36-37H2,1-2H3,(H2,41,42,43)/b8-6-,14-12-,20-18-,35-33-/t38-/m1/s1. The fourth-order valence-corrected chi connectivity index (χ4v) is 5.55. The number of hydrogen-bond acceptors (Lipinski definition) is 5. The van der Waals surface area contributed by atoms with E-state index in [4.69, 9.17) is 19.3 Å². The zero-order chi connectivity index (χ0) is 34.5. The molecule has 7 nitrogen and oxygen atoms in total. The van der Waals surface area contributed by atoms with Gasteiger partial charge in [-0.2, -0.15) is 0 Å². The molecule has 0 aliphatic heterocycles. The first-order valence-electron chi connectivity index (χ1n) is 19.0. The molecule has 0 amide bonds. The van der Waals surface area contributed by atoms with E-state index in [0.717, 1.165) is 70.6 Å². The molecule has 8 heteroatoms.